The zero-order valence-corrected chi connectivity index (χ0v) is 12.4. The van der Waals surface area contributed by atoms with Crippen molar-refractivity contribution in [2.75, 3.05) is 6.54 Å². The summed E-state index contributed by atoms with van der Waals surface area (Å²) in [6.07, 6.45) is 6.80. The van der Waals surface area contributed by atoms with E-state index in [1.165, 1.54) is 0 Å². The Morgan fingerprint density at radius 1 is 1.47 bits per heavy atom. The van der Waals surface area contributed by atoms with Crippen molar-refractivity contribution in [1.82, 2.24) is 9.38 Å². The molecule has 4 nitrogen and oxygen atoms in total. The van der Waals surface area contributed by atoms with E-state index in [0.717, 1.165) is 23.5 Å². The number of hydrogen-bond acceptors (Lipinski definition) is 4. The van der Waals surface area contributed by atoms with Crippen LogP contribution >= 0.6 is 11.3 Å². The number of nitrogens with two attached hydrogens (primary N) is 1. The summed E-state index contributed by atoms with van der Waals surface area (Å²) in [6, 6.07) is 0. The number of ketones is 1. The van der Waals surface area contributed by atoms with Gasteiger partial charge >= 0.3 is 0 Å². The first-order chi connectivity index (χ1) is 9.00. The van der Waals surface area contributed by atoms with Crippen molar-refractivity contribution in [3.8, 4) is 0 Å². The van der Waals surface area contributed by atoms with Crippen molar-refractivity contribution in [1.29, 1.82) is 0 Å². The molecule has 0 aromatic carbocycles. The minimum Gasteiger partial charge on any atom is -0.330 e. The molecule has 19 heavy (non-hydrogen) atoms. The van der Waals surface area contributed by atoms with Gasteiger partial charge in [0.25, 0.3) is 0 Å². The van der Waals surface area contributed by atoms with Gasteiger partial charge in [0.15, 0.2) is 4.96 Å². The maximum Gasteiger partial charge on any atom is 0.193 e. The molecule has 0 saturated heterocycles. The molecule has 0 unspecified atom stereocenters. The van der Waals surface area contributed by atoms with Crippen LogP contribution < -0.4 is 5.73 Å². The van der Waals surface area contributed by atoms with E-state index in [4.69, 9.17) is 5.73 Å². The summed E-state index contributed by atoms with van der Waals surface area (Å²) in [4.78, 5) is 17.4. The van der Waals surface area contributed by atoms with Gasteiger partial charge in [0.1, 0.15) is 5.78 Å². The first kappa shape index (κ1) is 14.2. The summed E-state index contributed by atoms with van der Waals surface area (Å²) >= 11 is 1.59. The molecule has 0 saturated carbocycles. The van der Waals surface area contributed by atoms with E-state index in [9.17, 15) is 4.79 Å². The van der Waals surface area contributed by atoms with Crippen LogP contribution in [0.3, 0.4) is 0 Å². The summed E-state index contributed by atoms with van der Waals surface area (Å²) < 4.78 is 1.96. The largest absolute Gasteiger partial charge is 0.330 e. The molecule has 0 aliphatic carbocycles. The molecule has 2 heterocycles. The Kier molecular flexibility index (Phi) is 4.37. The molecule has 0 aliphatic rings. The van der Waals surface area contributed by atoms with Crippen LogP contribution in [0, 0.1) is 5.41 Å². The van der Waals surface area contributed by atoms with Gasteiger partial charge in [-0.2, -0.15) is 0 Å². The number of thiazole rings is 1. The number of aromatic nitrogens is 2. The van der Waals surface area contributed by atoms with Gasteiger partial charge in [-0.25, -0.2) is 4.98 Å². The smallest absolute Gasteiger partial charge is 0.193 e. The fourth-order valence-corrected chi connectivity index (χ4v) is 2.86. The summed E-state index contributed by atoms with van der Waals surface area (Å²) in [7, 11) is 0. The summed E-state index contributed by atoms with van der Waals surface area (Å²) in [5.41, 5.74) is 6.60. The van der Waals surface area contributed by atoms with Crippen molar-refractivity contribution < 1.29 is 4.79 Å². The third-order valence-corrected chi connectivity index (χ3v) is 4.19. The molecule has 0 amide bonds. The van der Waals surface area contributed by atoms with Gasteiger partial charge in [0.2, 0.25) is 0 Å². The average molecular weight is 279 g/mol. The summed E-state index contributed by atoms with van der Waals surface area (Å²) in [5.74, 6) is 0.260. The van der Waals surface area contributed by atoms with E-state index < -0.39 is 0 Å². The van der Waals surface area contributed by atoms with Crippen LogP contribution in [0.15, 0.2) is 17.8 Å². The van der Waals surface area contributed by atoms with Crippen molar-refractivity contribution in [2.45, 2.75) is 39.5 Å². The third-order valence-electron chi connectivity index (χ3n) is 3.42. The second-order valence-electron chi connectivity index (χ2n) is 5.74. The number of rotatable bonds is 7. The second kappa shape index (κ2) is 5.84. The molecule has 0 radical (unpaired) electrons. The van der Waals surface area contributed by atoms with Crippen molar-refractivity contribution >= 4 is 22.1 Å². The highest BCUT2D eigenvalue weighted by molar-refractivity contribution is 7.15. The summed E-state index contributed by atoms with van der Waals surface area (Å²) in [5, 5.41) is 1.99. The monoisotopic (exact) mass is 279 g/mol. The Hall–Kier alpha value is -1.20. The van der Waals surface area contributed by atoms with Crippen LogP contribution in [0.4, 0.5) is 0 Å². The quantitative estimate of drug-likeness (QED) is 0.847. The fraction of sp³-hybridized carbons (Fsp3) is 0.571. The van der Waals surface area contributed by atoms with E-state index >= 15 is 0 Å². The normalized spacial score (nSPS) is 12.2. The lowest BCUT2D eigenvalue weighted by Gasteiger charge is -2.23. The fourth-order valence-electron chi connectivity index (χ4n) is 2.15. The van der Waals surface area contributed by atoms with Gasteiger partial charge in [-0.05, 0) is 24.8 Å². The Labute approximate surface area is 117 Å². The first-order valence-corrected chi connectivity index (χ1v) is 7.51. The van der Waals surface area contributed by atoms with Gasteiger partial charge in [-0.1, -0.05) is 13.8 Å². The van der Waals surface area contributed by atoms with Crippen LogP contribution in [0.5, 0.6) is 0 Å². The van der Waals surface area contributed by atoms with Crippen LogP contribution in [-0.4, -0.2) is 21.7 Å². The predicted octanol–water partition coefficient (Wildman–Crippen LogP) is 2.66. The van der Waals surface area contributed by atoms with E-state index in [1.54, 1.807) is 11.3 Å². The molecule has 104 valence electrons. The first-order valence-electron chi connectivity index (χ1n) is 6.63. The molecule has 2 aromatic heterocycles. The molecular weight excluding hydrogens is 258 g/mol. The average Bonchev–Trinajstić information content (AvgIpc) is 2.87. The number of nitrogens with zero attached hydrogens (tertiary/aromatic N) is 2. The molecule has 2 N–H and O–H groups in total. The Balaban J connectivity index is 1.86. The number of carbonyl (C=O) groups is 1. The van der Waals surface area contributed by atoms with Crippen LogP contribution in [0.25, 0.3) is 4.96 Å². The highest BCUT2D eigenvalue weighted by Crippen LogP contribution is 2.26. The maximum absolute atomic E-state index is 12.0. The number of carbonyl (C=O) groups excluding carboxylic acids is 1. The van der Waals surface area contributed by atoms with Gasteiger partial charge < -0.3 is 5.73 Å². The van der Waals surface area contributed by atoms with Gasteiger partial charge in [-0.15, -0.1) is 11.3 Å². The number of imidazole rings is 1. The van der Waals surface area contributed by atoms with Gasteiger partial charge in [0, 0.05) is 24.2 Å². The molecule has 2 rings (SSSR count). The van der Waals surface area contributed by atoms with Gasteiger partial charge in [-0.3, -0.25) is 9.20 Å². The molecule has 5 heteroatoms. The van der Waals surface area contributed by atoms with Crippen LogP contribution in [0.2, 0.25) is 0 Å². The van der Waals surface area contributed by atoms with E-state index in [2.05, 4.69) is 18.8 Å². The number of fused-ring (bicyclic) bond motifs is 1. The lowest BCUT2D eigenvalue weighted by molar-refractivity contribution is -0.119. The lowest BCUT2D eigenvalue weighted by Crippen LogP contribution is -2.18. The number of hydrogen-bond donors (Lipinski definition) is 1. The molecule has 0 spiro atoms. The van der Waals surface area contributed by atoms with E-state index in [1.807, 2.05) is 22.2 Å². The molecule has 2 aromatic rings. The Bertz CT molecular complexity index is 527. The maximum atomic E-state index is 12.0. The third kappa shape index (κ3) is 3.88. The van der Waals surface area contributed by atoms with Crippen LogP contribution in [0.1, 0.15) is 38.8 Å². The van der Waals surface area contributed by atoms with Crippen LogP contribution in [-0.2, 0) is 11.2 Å². The molecule has 0 bridgehead atoms. The Morgan fingerprint density at radius 3 is 2.95 bits per heavy atom. The predicted molar refractivity (Wildman–Crippen MR) is 78.5 cm³/mol. The molecular formula is C14H21N3OS. The zero-order chi connectivity index (χ0) is 13.9. The minimum atomic E-state index is 0.152. The Morgan fingerprint density at radius 2 is 2.26 bits per heavy atom. The minimum absolute atomic E-state index is 0.152. The number of Topliss-reactive ketones (excluding diaryl/α,β-unsaturated/α-hetero) is 1. The highest BCUT2D eigenvalue weighted by atomic mass is 32.1. The summed E-state index contributed by atoms with van der Waals surface area (Å²) in [6.45, 7) is 5.01. The van der Waals surface area contributed by atoms with Crippen molar-refractivity contribution in [3.63, 3.8) is 0 Å². The van der Waals surface area contributed by atoms with E-state index in [0.29, 0.717) is 19.4 Å². The topological polar surface area (TPSA) is 60.4 Å². The van der Waals surface area contributed by atoms with Crippen molar-refractivity contribution in [2.24, 2.45) is 11.1 Å². The van der Waals surface area contributed by atoms with Gasteiger partial charge in [0.05, 0.1) is 12.1 Å². The molecule has 0 atom stereocenters. The molecule has 0 fully saturated rings. The molecule has 0 aliphatic heterocycles. The highest BCUT2D eigenvalue weighted by Gasteiger charge is 2.18. The zero-order valence-electron chi connectivity index (χ0n) is 11.6. The second-order valence-corrected chi connectivity index (χ2v) is 6.62. The SMILES string of the molecule is CC(C)(CCN)CCC(=O)Cc1cn2ccsc2n1. The van der Waals surface area contributed by atoms with E-state index in [-0.39, 0.29) is 11.2 Å². The standard InChI is InChI=1S/C14H21N3OS/c1-14(2,5-6-15)4-3-12(18)9-11-10-17-7-8-19-13(17)16-11/h7-8,10H,3-6,9,15H2,1-2H3. The van der Waals surface area contributed by atoms with Crippen molar-refractivity contribution in [3.05, 3.63) is 23.5 Å². The lowest BCUT2D eigenvalue weighted by atomic mass is 9.83.